The van der Waals surface area contributed by atoms with Crippen molar-refractivity contribution in [3.8, 4) is 11.8 Å². The number of hydrogen-bond donors (Lipinski definition) is 1. The largest absolute Gasteiger partial charge is 0.384 e. The van der Waals surface area contributed by atoms with Crippen LogP contribution in [0.1, 0.15) is 31.9 Å². The Morgan fingerprint density at radius 2 is 2.06 bits per heavy atom. The van der Waals surface area contributed by atoms with Gasteiger partial charge in [0.1, 0.15) is 12.4 Å². The first-order chi connectivity index (χ1) is 8.54. The minimum atomic E-state index is -0.378. The number of hydrogen-bond acceptors (Lipinski definition) is 2. The minimum absolute atomic E-state index is 0.155. The van der Waals surface area contributed by atoms with Gasteiger partial charge in [-0.1, -0.05) is 31.8 Å². The third-order valence-electron chi connectivity index (χ3n) is 2.78. The van der Waals surface area contributed by atoms with Crippen LogP contribution in [-0.2, 0) is 11.3 Å². The Morgan fingerprint density at radius 3 is 2.67 bits per heavy atom. The Kier molecular flexibility index (Phi) is 5.84. The molecule has 0 fully saturated rings. The predicted molar refractivity (Wildman–Crippen MR) is 69.5 cm³/mol. The van der Waals surface area contributed by atoms with Crippen LogP contribution in [0.5, 0.6) is 0 Å². The van der Waals surface area contributed by atoms with Crippen molar-refractivity contribution in [3.63, 3.8) is 0 Å². The van der Waals surface area contributed by atoms with Gasteiger partial charge in [-0.2, -0.15) is 0 Å². The molecule has 1 aromatic rings. The van der Waals surface area contributed by atoms with Crippen molar-refractivity contribution in [3.05, 3.63) is 35.1 Å². The van der Waals surface area contributed by atoms with Gasteiger partial charge < -0.3 is 9.84 Å². The predicted octanol–water partition coefficient (Wildman–Crippen LogP) is 2.73. The van der Waals surface area contributed by atoms with Gasteiger partial charge in [-0.15, -0.1) is 0 Å². The van der Waals surface area contributed by atoms with Gasteiger partial charge in [0.2, 0.25) is 0 Å². The first-order valence-corrected chi connectivity index (χ1v) is 6.04. The highest BCUT2D eigenvalue weighted by Gasteiger charge is 2.08. The molecule has 0 radical (unpaired) electrons. The molecule has 98 valence electrons. The maximum atomic E-state index is 13.4. The van der Waals surface area contributed by atoms with Crippen molar-refractivity contribution in [1.29, 1.82) is 0 Å². The second-order valence-corrected chi connectivity index (χ2v) is 4.53. The molecule has 1 aromatic carbocycles. The first kappa shape index (κ1) is 14.7. The van der Waals surface area contributed by atoms with E-state index in [0.717, 1.165) is 5.56 Å². The highest BCUT2D eigenvalue weighted by Crippen LogP contribution is 2.13. The lowest BCUT2D eigenvalue weighted by Crippen LogP contribution is -2.15. The summed E-state index contributed by atoms with van der Waals surface area (Å²) in [6.45, 7) is 6.36. The molecule has 0 aliphatic carbocycles. The normalized spacial score (nSPS) is 12.1. The monoisotopic (exact) mass is 250 g/mol. The highest BCUT2D eigenvalue weighted by molar-refractivity contribution is 5.38. The maximum Gasteiger partial charge on any atom is 0.138 e. The third kappa shape index (κ3) is 4.48. The summed E-state index contributed by atoms with van der Waals surface area (Å²) in [5.41, 5.74) is 1.17. The fourth-order valence-electron chi connectivity index (χ4n) is 1.31. The first-order valence-electron chi connectivity index (χ1n) is 6.04. The number of rotatable bonds is 4. The Morgan fingerprint density at radius 1 is 1.33 bits per heavy atom. The lowest BCUT2D eigenvalue weighted by Gasteiger charge is -2.16. The van der Waals surface area contributed by atoms with E-state index in [1.165, 1.54) is 6.07 Å². The van der Waals surface area contributed by atoms with Gasteiger partial charge in [-0.25, -0.2) is 4.39 Å². The summed E-state index contributed by atoms with van der Waals surface area (Å²) in [6, 6.07) is 4.72. The van der Waals surface area contributed by atoms with Crippen LogP contribution in [-0.4, -0.2) is 17.8 Å². The van der Waals surface area contributed by atoms with Crippen molar-refractivity contribution in [2.45, 2.75) is 33.5 Å². The standard InChI is InChI=1S/C15H19FO2/c1-11(2)12(3)18-10-13-6-7-15(16)14(9-13)5-4-8-17/h6-7,9,11-12,17H,8,10H2,1-3H3. The van der Waals surface area contributed by atoms with Crippen LogP contribution in [0.3, 0.4) is 0 Å². The van der Waals surface area contributed by atoms with E-state index >= 15 is 0 Å². The number of ether oxygens (including phenoxy) is 1. The summed E-state index contributed by atoms with van der Waals surface area (Å²) >= 11 is 0. The van der Waals surface area contributed by atoms with Gasteiger partial charge in [0.25, 0.3) is 0 Å². The smallest absolute Gasteiger partial charge is 0.138 e. The summed E-state index contributed by atoms with van der Waals surface area (Å²) in [7, 11) is 0. The summed E-state index contributed by atoms with van der Waals surface area (Å²) in [5.74, 6) is 5.09. The van der Waals surface area contributed by atoms with Crippen LogP contribution in [0.2, 0.25) is 0 Å². The summed E-state index contributed by atoms with van der Waals surface area (Å²) in [6.07, 6.45) is 0.155. The molecular formula is C15H19FO2. The topological polar surface area (TPSA) is 29.5 Å². The molecule has 0 bridgehead atoms. The van der Waals surface area contributed by atoms with E-state index in [1.807, 2.05) is 6.92 Å². The molecule has 0 saturated carbocycles. The van der Waals surface area contributed by atoms with E-state index in [4.69, 9.17) is 9.84 Å². The number of aliphatic hydroxyl groups excluding tert-OH is 1. The van der Waals surface area contributed by atoms with Crippen LogP contribution >= 0.6 is 0 Å². The lowest BCUT2D eigenvalue weighted by atomic mass is 10.1. The molecule has 0 aromatic heterocycles. The van der Waals surface area contributed by atoms with Crippen LogP contribution in [0, 0.1) is 23.6 Å². The Labute approximate surface area is 108 Å². The van der Waals surface area contributed by atoms with Crippen molar-refractivity contribution >= 4 is 0 Å². The van der Waals surface area contributed by atoms with Gasteiger partial charge in [-0.3, -0.25) is 0 Å². The Hall–Kier alpha value is -1.37. The van der Waals surface area contributed by atoms with E-state index < -0.39 is 0 Å². The number of halogens is 1. The van der Waals surface area contributed by atoms with Crippen LogP contribution in [0.4, 0.5) is 4.39 Å². The molecule has 1 rings (SSSR count). The van der Waals surface area contributed by atoms with E-state index in [2.05, 4.69) is 25.7 Å². The Balaban J connectivity index is 2.73. The summed E-state index contributed by atoms with van der Waals surface area (Å²) in [5, 5.41) is 8.60. The molecule has 0 spiro atoms. The molecule has 1 N–H and O–H groups in total. The zero-order valence-corrected chi connectivity index (χ0v) is 11.0. The van der Waals surface area contributed by atoms with Gasteiger partial charge >= 0.3 is 0 Å². The average Bonchev–Trinajstić information content (AvgIpc) is 2.35. The number of aliphatic hydroxyl groups is 1. The van der Waals surface area contributed by atoms with Crippen molar-refractivity contribution < 1.29 is 14.2 Å². The van der Waals surface area contributed by atoms with Gasteiger partial charge in [0.15, 0.2) is 0 Å². The van der Waals surface area contributed by atoms with Crippen molar-refractivity contribution in [2.24, 2.45) is 5.92 Å². The van der Waals surface area contributed by atoms with Crippen LogP contribution in [0.25, 0.3) is 0 Å². The molecule has 0 heterocycles. The zero-order valence-electron chi connectivity index (χ0n) is 11.0. The highest BCUT2D eigenvalue weighted by atomic mass is 19.1. The molecule has 2 nitrogen and oxygen atoms in total. The third-order valence-corrected chi connectivity index (χ3v) is 2.78. The molecule has 1 atom stereocenters. The van der Waals surface area contributed by atoms with Crippen molar-refractivity contribution in [1.82, 2.24) is 0 Å². The lowest BCUT2D eigenvalue weighted by molar-refractivity contribution is 0.0235. The molecule has 0 aliphatic rings. The Bertz CT molecular complexity index is 444. The van der Waals surface area contributed by atoms with E-state index in [1.54, 1.807) is 12.1 Å². The zero-order chi connectivity index (χ0) is 13.5. The van der Waals surface area contributed by atoms with E-state index in [0.29, 0.717) is 18.1 Å². The quantitative estimate of drug-likeness (QED) is 0.833. The summed E-state index contributed by atoms with van der Waals surface area (Å²) < 4.78 is 19.1. The average molecular weight is 250 g/mol. The van der Waals surface area contributed by atoms with Crippen LogP contribution < -0.4 is 0 Å². The minimum Gasteiger partial charge on any atom is -0.384 e. The van der Waals surface area contributed by atoms with Gasteiger partial charge in [0.05, 0.1) is 18.3 Å². The molecule has 0 saturated heterocycles. The van der Waals surface area contributed by atoms with Gasteiger partial charge in [-0.05, 0) is 30.5 Å². The molecule has 0 amide bonds. The second kappa shape index (κ2) is 7.15. The molecule has 0 aliphatic heterocycles. The fourth-order valence-corrected chi connectivity index (χ4v) is 1.31. The molecule has 1 unspecified atom stereocenters. The molecule has 18 heavy (non-hydrogen) atoms. The number of benzene rings is 1. The van der Waals surface area contributed by atoms with Gasteiger partial charge in [0, 0.05) is 0 Å². The SMILES string of the molecule is CC(C)C(C)OCc1ccc(F)c(C#CCO)c1. The fraction of sp³-hybridized carbons (Fsp3) is 0.467. The van der Waals surface area contributed by atoms with Crippen LogP contribution in [0.15, 0.2) is 18.2 Å². The van der Waals surface area contributed by atoms with Crippen molar-refractivity contribution in [2.75, 3.05) is 6.61 Å². The second-order valence-electron chi connectivity index (χ2n) is 4.53. The maximum absolute atomic E-state index is 13.4. The molecule has 3 heteroatoms. The van der Waals surface area contributed by atoms with E-state index in [-0.39, 0.29) is 18.5 Å². The summed E-state index contributed by atoms with van der Waals surface area (Å²) in [4.78, 5) is 0. The van der Waals surface area contributed by atoms with E-state index in [9.17, 15) is 4.39 Å². The molecular weight excluding hydrogens is 231 g/mol.